The minimum atomic E-state index is -1.19. The number of esters is 1. The Labute approximate surface area is 116 Å². The van der Waals surface area contributed by atoms with Gasteiger partial charge in [-0.05, 0) is 19.9 Å². The van der Waals surface area contributed by atoms with Crippen molar-refractivity contribution in [3.05, 3.63) is 17.8 Å². The predicted octanol–water partition coefficient (Wildman–Crippen LogP) is 1.37. The molecular formula is C13H15N3O4. The number of nitriles is 1. The first kappa shape index (κ1) is 15.4. The Morgan fingerprint density at radius 2 is 2.05 bits per heavy atom. The number of pyridine rings is 1. The van der Waals surface area contributed by atoms with Gasteiger partial charge in [-0.15, -0.1) is 0 Å². The lowest BCUT2D eigenvalue weighted by atomic mass is 9.95. The van der Waals surface area contributed by atoms with Crippen molar-refractivity contribution in [1.29, 1.82) is 5.26 Å². The predicted molar refractivity (Wildman–Crippen MR) is 70.2 cm³/mol. The van der Waals surface area contributed by atoms with Crippen molar-refractivity contribution in [2.45, 2.75) is 13.8 Å². The van der Waals surface area contributed by atoms with Gasteiger partial charge in [-0.2, -0.15) is 5.26 Å². The van der Waals surface area contributed by atoms with Gasteiger partial charge in [0.25, 0.3) is 0 Å². The van der Waals surface area contributed by atoms with E-state index in [1.54, 1.807) is 0 Å². The fourth-order valence-electron chi connectivity index (χ4n) is 1.28. The number of hydrogen-bond donors (Lipinski definition) is 1. The molecule has 0 spiro atoms. The van der Waals surface area contributed by atoms with Crippen molar-refractivity contribution in [3.8, 4) is 11.9 Å². The van der Waals surface area contributed by atoms with Crippen LogP contribution in [0.25, 0.3) is 0 Å². The van der Waals surface area contributed by atoms with Crippen LogP contribution in [0.1, 0.15) is 24.2 Å². The summed E-state index contributed by atoms with van der Waals surface area (Å²) in [6.45, 7) is 2.97. The average Bonchev–Trinajstić information content (AvgIpc) is 2.46. The van der Waals surface area contributed by atoms with Crippen LogP contribution in [0.5, 0.6) is 5.88 Å². The Morgan fingerprint density at radius 1 is 1.40 bits per heavy atom. The van der Waals surface area contributed by atoms with Gasteiger partial charge in [0.1, 0.15) is 11.0 Å². The molecule has 1 heterocycles. The zero-order valence-corrected chi connectivity index (χ0v) is 11.7. The van der Waals surface area contributed by atoms with Crippen LogP contribution in [0, 0.1) is 16.7 Å². The normalized spacial score (nSPS) is 10.3. The van der Waals surface area contributed by atoms with Gasteiger partial charge in [0.15, 0.2) is 0 Å². The largest absolute Gasteiger partial charge is 0.480 e. The van der Waals surface area contributed by atoms with Gasteiger partial charge < -0.3 is 14.8 Å². The second-order valence-electron chi connectivity index (χ2n) is 4.46. The molecule has 1 amide bonds. The number of ether oxygens (including phenoxy) is 2. The van der Waals surface area contributed by atoms with Crippen LogP contribution in [-0.2, 0) is 9.53 Å². The van der Waals surface area contributed by atoms with Gasteiger partial charge in [0, 0.05) is 0 Å². The second kappa shape index (κ2) is 6.02. The summed E-state index contributed by atoms with van der Waals surface area (Å²) < 4.78 is 9.54. The van der Waals surface area contributed by atoms with Crippen LogP contribution in [0.2, 0.25) is 0 Å². The number of aromatic nitrogens is 1. The highest BCUT2D eigenvalue weighted by Crippen LogP contribution is 2.22. The standard InChI is InChI=1S/C13H15N3O4/c1-13(2,7-14)12(18)16-8-5-9(11(17)20-4)10(19-3)15-6-8/h5-6H,1-4H3,(H,16,18). The van der Waals surface area contributed by atoms with Crippen LogP contribution < -0.4 is 10.1 Å². The fourth-order valence-corrected chi connectivity index (χ4v) is 1.28. The van der Waals surface area contributed by atoms with E-state index in [9.17, 15) is 9.59 Å². The van der Waals surface area contributed by atoms with Gasteiger partial charge in [-0.25, -0.2) is 9.78 Å². The Bertz CT molecular complexity index is 575. The molecular weight excluding hydrogens is 262 g/mol. The average molecular weight is 277 g/mol. The number of hydrogen-bond acceptors (Lipinski definition) is 6. The zero-order valence-electron chi connectivity index (χ0n) is 11.7. The number of amides is 1. The molecule has 0 aliphatic rings. The molecule has 0 unspecified atom stereocenters. The first-order valence-electron chi connectivity index (χ1n) is 5.70. The molecule has 7 nitrogen and oxygen atoms in total. The van der Waals surface area contributed by atoms with E-state index in [1.807, 2.05) is 6.07 Å². The smallest absolute Gasteiger partial charge is 0.343 e. The second-order valence-corrected chi connectivity index (χ2v) is 4.46. The maximum atomic E-state index is 11.9. The quantitative estimate of drug-likeness (QED) is 0.834. The van der Waals surface area contributed by atoms with Crippen molar-refractivity contribution >= 4 is 17.6 Å². The lowest BCUT2D eigenvalue weighted by molar-refractivity contribution is -0.121. The lowest BCUT2D eigenvalue weighted by Crippen LogP contribution is -2.29. The maximum Gasteiger partial charge on any atom is 0.343 e. The highest BCUT2D eigenvalue weighted by Gasteiger charge is 2.27. The van der Waals surface area contributed by atoms with Crippen LogP contribution in [0.3, 0.4) is 0 Å². The van der Waals surface area contributed by atoms with E-state index in [4.69, 9.17) is 10.00 Å². The van der Waals surface area contributed by atoms with E-state index in [0.717, 1.165) is 0 Å². The number of carbonyl (C=O) groups excluding carboxylic acids is 2. The van der Waals surface area contributed by atoms with Crippen molar-refractivity contribution in [3.63, 3.8) is 0 Å². The fraction of sp³-hybridized carbons (Fsp3) is 0.385. The van der Waals surface area contributed by atoms with E-state index >= 15 is 0 Å². The van der Waals surface area contributed by atoms with Gasteiger partial charge in [-0.3, -0.25) is 4.79 Å². The van der Waals surface area contributed by atoms with Crippen molar-refractivity contribution in [2.24, 2.45) is 5.41 Å². The number of anilines is 1. The monoisotopic (exact) mass is 277 g/mol. The molecule has 1 rings (SSSR count). The van der Waals surface area contributed by atoms with Gasteiger partial charge in [-0.1, -0.05) is 0 Å². The highest BCUT2D eigenvalue weighted by molar-refractivity contribution is 5.98. The molecule has 1 aromatic rings. The summed E-state index contributed by atoms with van der Waals surface area (Å²) in [5, 5.41) is 11.4. The van der Waals surface area contributed by atoms with Crippen molar-refractivity contribution in [2.75, 3.05) is 19.5 Å². The van der Waals surface area contributed by atoms with Crippen LogP contribution in [0.15, 0.2) is 12.3 Å². The lowest BCUT2D eigenvalue weighted by Gasteiger charge is -2.15. The molecule has 0 aliphatic heterocycles. The third-order valence-electron chi connectivity index (χ3n) is 2.55. The third kappa shape index (κ3) is 3.23. The molecule has 0 radical (unpaired) electrons. The number of rotatable bonds is 4. The van der Waals surface area contributed by atoms with E-state index in [-0.39, 0.29) is 17.1 Å². The molecule has 106 valence electrons. The molecule has 0 aromatic carbocycles. The summed E-state index contributed by atoms with van der Waals surface area (Å²) in [5.74, 6) is -1.04. The van der Waals surface area contributed by atoms with Gasteiger partial charge >= 0.3 is 5.97 Å². The Morgan fingerprint density at radius 3 is 2.55 bits per heavy atom. The highest BCUT2D eigenvalue weighted by atomic mass is 16.5. The zero-order chi connectivity index (χ0) is 15.3. The first-order valence-corrected chi connectivity index (χ1v) is 5.70. The Kier molecular flexibility index (Phi) is 4.64. The van der Waals surface area contributed by atoms with E-state index in [1.165, 1.54) is 40.3 Å². The number of carbonyl (C=O) groups is 2. The minimum Gasteiger partial charge on any atom is -0.480 e. The van der Waals surface area contributed by atoms with Gasteiger partial charge in [0.2, 0.25) is 11.8 Å². The van der Waals surface area contributed by atoms with Crippen LogP contribution >= 0.6 is 0 Å². The van der Waals surface area contributed by atoms with Crippen molar-refractivity contribution < 1.29 is 19.1 Å². The number of nitrogens with zero attached hydrogens (tertiary/aromatic N) is 2. The van der Waals surface area contributed by atoms with E-state index in [2.05, 4.69) is 15.0 Å². The van der Waals surface area contributed by atoms with Gasteiger partial charge in [0.05, 0.1) is 32.2 Å². The van der Waals surface area contributed by atoms with Crippen LogP contribution in [-0.4, -0.2) is 31.1 Å². The first-order chi connectivity index (χ1) is 9.35. The number of methoxy groups -OCH3 is 2. The van der Waals surface area contributed by atoms with Crippen molar-refractivity contribution in [1.82, 2.24) is 4.98 Å². The SMILES string of the molecule is COC(=O)c1cc(NC(=O)C(C)(C)C#N)cnc1OC. The molecule has 0 bridgehead atoms. The molecule has 0 aliphatic carbocycles. The molecule has 20 heavy (non-hydrogen) atoms. The summed E-state index contributed by atoms with van der Waals surface area (Å²) in [4.78, 5) is 27.3. The Hall–Kier alpha value is -2.62. The van der Waals surface area contributed by atoms with E-state index < -0.39 is 17.3 Å². The Balaban J connectivity index is 3.08. The molecule has 0 saturated heterocycles. The summed E-state index contributed by atoms with van der Waals surface area (Å²) in [5.41, 5.74) is -0.826. The molecule has 0 atom stereocenters. The summed E-state index contributed by atoms with van der Waals surface area (Å²) >= 11 is 0. The third-order valence-corrected chi connectivity index (χ3v) is 2.55. The summed E-state index contributed by atoms with van der Waals surface area (Å²) in [7, 11) is 2.59. The van der Waals surface area contributed by atoms with Crippen LogP contribution in [0.4, 0.5) is 5.69 Å². The molecule has 1 aromatic heterocycles. The molecule has 7 heteroatoms. The summed E-state index contributed by atoms with van der Waals surface area (Å²) in [6, 6.07) is 3.26. The molecule has 1 N–H and O–H groups in total. The van der Waals surface area contributed by atoms with E-state index in [0.29, 0.717) is 0 Å². The summed E-state index contributed by atoms with van der Waals surface area (Å²) in [6.07, 6.45) is 1.33. The number of nitrogens with one attached hydrogen (secondary N) is 1. The molecule has 0 fully saturated rings. The maximum absolute atomic E-state index is 11.9. The topological polar surface area (TPSA) is 101 Å². The molecule has 0 saturated carbocycles. The minimum absolute atomic E-state index is 0.0857.